The SMILES string of the molecule is CC(C)C(CNC(=O)OC(C)(C)C)Nc1cc(C#C[Si](C(C)C)(C(C)C)C(C)C)c2cnc(S(C)(=O)=O)nc2n1. The minimum absolute atomic E-state index is 0.127. The number of pyridine rings is 1. The van der Waals surface area contributed by atoms with Gasteiger partial charge in [-0.15, -0.1) is 5.54 Å². The predicted octanol–water partition coefficient (Wildman–Crippen LogP) is 5.96. The maximum absolute atomic E-state index is 12.3. The number of nitrogens with zero attached hydrogens (tertiary/aromatic N) is 3. The van der Waals surface area contributed by atoms with Crippen molar-refractivity contribution in [3.8, 4) is 11.5 Å². The van der Waals surface area contributed by atoms with E-state index in [1.54, 1.807) is 0 Å². The molecule has 0 fully saturated rings. The summed E-state index contributed by atoms with van der Waals surface area (Å²) >= 11 is 0. The zero-order valence-corrected chi connectivity index (χ0v) is 27.9. The van der Waals surface area contributed by atoms with Gasteiger partial charge in [-0.25, -0.2) is 23.2 Å². The molecule has 40 heavy (non-hydrogen) atoms. The molecule has 11 heteroatoms. The molecule has 0 saturated carbocycles. The van der Waals surface area contributed by atoms with Gasteiger partial charge in [0, 0.05) is 30.6 Å². The molecule has 2 rings (SSSR count). The Morgan fingerprint density at radius 2 is 1.60 bits per heavy atom. The Kier molecular flexibility index (Phi) is 10.8. The lowest BCUT2D eigenvalue weighted by atomic mass is 10.0. The molecule has 0 bridgehead atoms. The third-order valence-corrected chi connectivity index (χ3v) is 14.3. The highest BCUT2D eigenvalue weighted by molar-refractivity contribution is 7.90. The summed E-state index contributed by atoms with van der Waals surface area (Å²) in [7, 11) is -5.68. The zero-order valence-electron chi connectivity index (χ0n) is 26.1. The minimum Gasteiger partial charge on any atom is -0.444 e. The summed E-state index contributed by atoms with van der Waals surface area (Å²) in [6, 6.07) is 1.67. The number of fused-ring (bicyclic) bond motifs is 1. The van der Waals surface area contributed by atoms with Crippen LogP contribution in [0.4, 0.5) is 10.6 Å². The largest absolute Gasteiger partial charge is 0.444 e. The molecule has 0 saturated heterocycles. The van der Waals surface area contributed by atoms with Gasteiger partial charge >= 0.3 is 6.09 Å². The first-order chi connectivity index (χ1) is 18.3. The van der Waals surface area contributed by atoms with Crippen LogP contribution in [0.15, 0.2) is 17.4 Å². The number of sulfone groups is 1. The number of hydrogen-bond acceptors (Lipinski definition) is 8. The third-order valence-electron chi connectivity index (χ3n) is 7.16. The molecule has 1 unspecified atom stereocenters. The van der Waals surface area contributed by atoms with Crippen LogP contribution in [0.3, 0.4) is 0 Å². The summed E-state index contributed by atoms with van der Waals surface area (Å²) in [5.41, 5.74) is 5.41. The highest BCUT2D eigenvalue weighted by Crippen LogP contribution is 2.41. The molecule has 0 aromatic carbocycles. The minimum atomic E-state index is -3.63. The molecule has 1 amide bonds. The highest BCUT2D eigenvalue weighted by atomic mass is 32.2. The number of amides is 1. The fourth-order valence-electron chi connectivity index (χ4n) is 5.11. The average Bonchev–Trinajstić information content (AvgIpc) is 2.79. The van der Waals surface area contributed by atoms with E-state index in [9.17, 15) is 13.2 Å². The summed E-state index contributed by atoms with van der Waals surface area (Å²) in [6.45, 7) is 23.3. The van der Waals surface area contributed by atoms with E-state index in [1.807, 2.05) is 40.7 Å². The van der Waals surface area contributed by atoms with Crippen LogP contribution in [0.2, 0.25) is 16.6 Å². The highest BCUT2D eigenvalue weighted by Gasteiger charge is 2.41. The van der Waals surface area contributed by atoms with Gasteiger partial charge in [0.15, 0.2) is 5.65 Å². The molecule has 0 aliphatic rings. The Morgan fingerprint density at radius 1 is 1.02 bits per heavy atom. The summed E-state index contributed by atoms with van der Waals surface area (Å²) in [5, 5.41) is 6.54. The number of carbonyl (C=O) groups is 1. The first-order valence-corrected chi connectivity index (χ1v) is 18.0. The average molecular weight is 590 g/mol. The summed E-state index contributed by atoms with van der Waals surface area (Å²) in [6.07, 6.45) is 2.07. The lowest BCUT2D eigenvalue weighted by molar-refractivity contribution is 0.0523. The molecule has 0 aliphatic heterocycles. The number of hydrogen-bond donors (Lipinski definition) is 2. The van der Waals surface area contributed by atoms with Crippen LogP contribution < -0.4 is 10.6 Å². The number of ether oxygens (including phenoxy) is 1. The van der Waals surface area contributed by atoms with E-state index in [1.165, 1.54) is 6.20 Å². The molecule has 2 aromatic heterocycles. The van der Waals surface area contributed by atoms with Gasteiger partial charge in [-0.2, -0.15) is 4.98 Å². The standard InChI is InChI=1S/C29H47N5O4SSi/c1-18(2)24(17-31-28(35)38-29(9,10)11)32-25-15-22(13-14-40(19(3)4,20(5)6)21(7)8)23-16-30-27(39(12,36)37)34-26(23)33-25/h15-16,18-21,24H,17H2,1-12H3,(H,31,35)(H,30,32,33,34). The first-order valence-electron chi connectivity index (χ1n) is 13.9. The Balaban J connectivity index is 2.64. The first kappa shape index (κ1) is 33.5. The van der Waals surface area contributed by atoms with Crippen LogP contribution >= 0.6 is 0 Å². The van der Waals surface area contributed by atoms with E-state index in [0.717, 1.165) is 6.26 Å². The molecule has 0 spiro atoms. The van der Waals surface area contributed by atoms with E-state index in [2.05, 4.69) is 78.6 Å². The lowest BCUT2D eigenvalue weighted by Gasteiger charge is -2.38. The van der Waals surface area contributed by atoms with Crippen LogP contribution in [0.5, 0.6) is 0 Å². The van der Waals surface area contributed by atoms with Crippen molar-refractivity contribution in [3.63, 3.8) is 0 Å². The van der Waals surface area contributed by atoms with Crippen molar-refractivity contribution in [3.05, 3.63) is 17.8 Å². The van der Waals surface area contributed by atoms with E-state index >= 15 is 0 Å². The second kappa shape index (κ2) is 12.9. The van der Waals surface area contributed by atoms with E-state index < -0.39 is 29.6 Å². The number of anilines is 1. The molecular formula is C29H47N5O4SSi. The molecule has 2 heterocycles. The predicted molar refractivity (Wildman–Crippen MR) is 165 cm³/mol. The van der Waals surface area contributed by atoms with Crippen molar-refractivity contribution in [2.75, 3.05) is 18.1 Å². The third kappa shape index (κ3) is 8.40. The van der Waals surface area contributed by atoms with E-state index in [-0.39, 0.29) is 22.8 Å². The maximum atomic E-state index is 12.3. The number of alkyl carbamates (subject to hydrolysis) is 1. The van der Waals surface area contributed by atoms with Crippen LogP contribution in [-0.4, -0.2) is 62.0 Å². The quantitative estimate of drug-likeness (QED) is 0.209. The molecular weight excluding hydrogens is 543 g/mol. The van der Waals surface area contributed by atoms with Crippen LogP contribution in [0.1, 0.15) is 81.7 Å². The summed E-state index contributed by atoms with van der Waals surface area (Å²) in [5.74, 6) is 4.08. The zero-order chi connectivity index (χ0) is 30.6. The van der Waals surface area contributed by atoms with Gasteiger partial charge < -0.3 is 15.4 Å². The molecule has 222 valence electrons. The fourth-order valence-corrected chi connectivity index (χ4v) is 10.8. The fraction of sp³-hybridized carbons (Fsp3) is 0.655. The topological polar surface area (TPSA) is 123 Å². The number of rotatable bonds is 9. The Morgan fingerprint density at radius 3 is 2.08 bits per heavy atom. The van der Waals surface area contributed by atoms with Crippen molar-refractivity contribution in [2.45, 2.75) is 110 Å². The van der Waals surface area contributed by atoms with Gasteiger partial charge in [0.2, 0.25) is 15.0 Å². The molecule has 2 aromatic rings. The molecule has 2 N–H and O–H groups in total. The van der Waals surface area contributed by atoms with Gasteiger partial charge in [0.25, 0.3) is 0 Å². The van der Waals surface area contributed by atoms with E-state index in [4.69, 9.17) is 4.74 Å². The monoisotopic (exact) mass is 589 g/mol. The van der Waals surface area contributed by atoms with Gasteiger partial charge in [-0.05, 0) is 49.4 Å². The van der Waals surface area contributed by atoms with Crippen molar-refractivity contribution < 1.29 is 17.9 Å². The number of aromatic nitrogens is 3. The van der Waals surface area contributed by atoms with Crippen molar-refractivity contribution >= 4 is 40.9 Å². The summed E-state index contributed by atoms with van der Waals surface area (Å²) in [4.78, 5) is 25.3. The van der Waals surface area contributed by atoms with E-state index in [0.29, 0.717) is 39.9 Å². The number of nitrogens with one attached hydrogen (secondary N) is 2. The van der Waals surface area contributed by atoms with Crippen LogP contribution in [0, 0.1) is 17.4 Å². The Hall–Kier alpha value is -2.71. The van der Waals surface area contributed by atoms with Gasteiger partial charge in [0.1, 0.15) is 19.5 Å². The van der Waals surface area contributed by atoms with Crippen molar-refractivity contribution in [1.29, 1.82) is 0 Å². The summed E-state index contributed by atoms with van der Waals surface area (Å²) < 4.78 is 29.8. The van der Waals surface area contributed by atoms with Crippen molar-refractivity contribution in [2.24, 2.45) is 5.92 Å². The molecule has 0 radical (unpaired) electrons. The molecule has 9 nitrogen and oxygen atoms in total. The Labute approximate surface area is 241 Å². The molecule has 1 atom stereocenters. The van der Waals surface area contributed by atoms with Gasteiger partial charge in [-0.1, -0.05) is 61.3 Å². The van der Waals surface area contributed by atoms with Crippen LogP contribution in [-0.2, 0) is 14.6 Å². The van der Waals surface area contributed by atoms with Gasteiger partial charge in [-0.3, -0.25) is 0 Å². The van der Waals surface area contributed by atoms with Gasteiger partial charge in [0.05, 0.1) is 5.39 Å². The lowest BCUT2D eigenvalue weighted by Crippen LogP contribution is -2.43. The number of carbonyl (C=O) groups excluding carboxylic acids is 1. The normalized spacial score (nSPS) is 13.5. The van der Waals surface area contributed by atoms with Crippen LogP contribution in [0.25, 0.3) is 11.0 Å². The Bertz CT molecular complexity index is 1350. The molecule has 0 aliphatic carbocycles. The second-order valence-electron chi connectivity index (χ2n) is 12.7. The second-order valence-corrected chi connectivity index (χ2v) is 20.2. The smallest absolute Gasteiger partial charge is 0.407 e. The van der Waals surface area contributed by atoms with Crippen molar-refractivity contribution in [1.82, 2.24) is 20.3 Å². The maximum Gasteiger partial charge on any atom is 0.407 e.